The summed E-state index contributed by atoms with van der Waals surface area (Å²) in [4.78, 5) is 0. The lowest BCUT2D eigenvalue weighted by Gasteiger charge is -2.23. The van der Waals surface area contributed by atoms with E-state index in [-0.39, 0.29) is 17.4 Å². The van der Waals surface area contributed by atoms with Crippen molar-refractivity contribution in [1.29, 1.82) is 0 Å². The summed E-state index contributed by atoms with van der Waals surface area (Å²) < 4.78 is 37.0. The molecule has 0 aromatic heterocycles. The van der Waals surface area contributed by atoms with Crippen LogP contribution in [0.25, 0.3) is 0 Å². The fourth-order valence-corrected chi connectivity index (χ4v) is 5.13. The molecule has 1 aromatic carbocycles. The molecule has 2 rings (SSSR count). The number of rotatable bonds is 1. The van der Waals surface area contributed by atoms with Crippen molar-refractivity contribution in [2.24, 2.45) is 0 Å². The van der Waals surface area contributed by atoms with Gasteiger partial charge in [-0.25, -0.2) is 0 Å². The molecule has 1 N–H and O–H groups in total. The van der Waals surface area contributed by atoms with Crippen molar-refractivity contribution in [3.63, 3.8) is 0 Å². The molecule has 1 nitrogen and oxygen atoms in total. The van der Waals surface area contributed by atoms with Gasteiger partial charge in [-0.05, 0) is 31.5 Å². The highest BCUT2D eigenvalue weighted by Crippen LogP contribution is 2.57. The van der Waals surface area contributed by atoms with Gasteiger partial charge in [0.05, 0.1) is 16.9 Å². The Morgan fingerprint density at radius 1 is 1.16 bits per heavy atom. The van der Waals surface area contributed by atoms with E-state index in [2.05, 4.69) is 0 Å². The molecule has 19 heavy (non-hydrogen) atoms. The minimum absolute atomic E-state index is 0. The highest BCUT2D eigenvalue weighted by Gasteiger charge is 2.43. The van der Waals surface area contributed by atoms with Crippen molar-refractivity contribution in [3.05, 3.63) is 35.4 Å². The maximum atomic E-state index is 12.4. The Balaban J connectivity index is 0.00000180. The first kappa shape index (κ1) is 16.7. The van der Waals surface area contributed by atoms with Crippen LogP contribution in [0.15, 0.2) is 24.3 Å². The Labute approximate surface area is 119 Å². The Morgan fingerprint density at radius 2 is 1.68 bits per heavy atom. The molecule has 1 aromatic rings. The molecule has 0 saturated carbocycles. The van der Waals surface area contributed by atoms with E-state index >= 15 is 0 Å². The summed E-state index contributed by atoms with van der Waals surface area (Å²) in [5.41, 5.74) is 0.0780. The predicted molar refractivity (Wildman–Crippen MR) is 76.2 cm³/mol. The van der Waals surface area contributed by atoms with Crippen LogP contribution in [0, 0.1) is 0 Å². The molecule has 0 aliphatic carbocycles. The van der Waals surface area contributed by atoms with Crippen molar-refractivity contribution in [2.75, 3.05) is 0 Å². The van der Waals surface area contributed by atoms with Crippen LogP contribution in [0.2, 0.25) is 0 Å². The zero-order valence-electron chi connectivity index (χ0n) is 9.86. The minimum atomic E-state index is -4.31. The number of hydrogen-bond donors (Lipinski definition) is 1. The van der Waals surface area contributed by atoms with Gasteiger partial charge in [-0.2, -0.15) is 13.2 Å². The number of aliphatic hydroxyl groups is 1. The van der Waals surface area contributed by atoms with Crippen LogP contribution in [0.1, 0.15) is 37.7 Å². The third-order valence-electron chi connectivity index (χ3n) is 2.93. The summed E-state index contributed by atoms with van der Waals surface area (Å²) in [5.74, 6) is 0. The van der Waals surface area contributed by atoms with E-state index in [0.29, 0.717) is 0 Å². The van der Waals surface area contributed by atoms with Crippen LogP contribution in [0.4, 0.5) is 13.2 Å². The van der Waals surface area contributed by atoms with Crippen molar-refractivity contribution in [2.45, 2.75) is 43.6 Å². The summed E-state index contributed by atoms with van der Waals surface area (Å²) in [5, 5.41) is 9.96. The SMILES string of the molecule is C.CC1(C)SSC(c2ccc(C(F)(F)F)cc2)C1O. The molecule has 1 aliphatic rings. The maximum absolute atomic E-state index is 12.4. The quantitative estimate of drug-likeness (QED) is 0.744. The Hall–Kier alpha value is -0.330. The average molecular weight is 310 g/mol. The third kappa shape index (κ3) is 3.41. The van der Waals surface area contributed by atoms with Crippen LogP contribution in [-0.2, 0) is 6.18 Å². The van der Waals surface area contributed by atoms with Gasteiger partial charge in [0.1, 0.15) is 0 Å². The molecular formula is C13H17F3OS2. The number of benzene rings is 1. The molecule has 0 amide bonds. The van der Waals surface area contributed by atoms with Crippen molar-refractivity contribution in [3.8, 4) is 0 Å². The first-order valence-electron chi connectivity index (χ1n) is 5.41. The largest absolute Gasteiger partial charge is 0.416 e. The lowest BCUT2D eigenvalue weighted by Crippen LogP contribution is -2.31. The molecule has 1 heterocycles. The maximum Gasteiger partial charge on any atom is 0.416 e. The molecular weight excluding hydrogens is 293 g/mol. The number of hydrogen-bond acceptors (Lipinski definition) is 3. The van der Waals surface area contributed by atoms with E-state index < -0.39 is 17.8 Å². The Bertz CT molecular complexity index is 429. The molecule has 108 valence electrons. The minimum Gasteiger partial charge on any atom is -0.390 e. The molecule has 2 atom stereocenters. The highest BCUT2D eigenvalue weighted by atomic mass is 33.1. The highest BCUT2D eigenvalue weighted by molar-refractivity contribution is 8.77. The summed E-state index contributed by atoms with van der Waals surface area (Å²) in [7, 11) is 3.07. The van der Waals surface area contributed by atoms with Gasteiger partial charge in [0.2, 0.25) is 0 Å². The Kier molecular flexibility index (Phi) is 4.91. The van der Waals surface area contributed by atoms with Gasteiger partial charge in [0, 0.05) is 4.75 Å². The van der Waals surface area contributed by atoms with Gasteiger partial charge in [0.15, 0.2) is 0 Å². The molecule has 1 fully saturated rings. The number of halogens is 3. The van der Waals surface area contributed by atoms with E-state index in [1.807, 2.05) is 13.8 Å². The second-order valence-electron chi connectivity index (χ2n) is 4.77. The Morgan fingerprint density at radius 3 is 2.05 bits per heavy atom. The van der Waals surface area contributed by atoms with Crippen molar-refractivity contribution >= 4 is 21.6 Å². The van der Waals surface area contributed by atoms with E-state index in [0.717, 1.165) is 17.7 Å². The van der Waals surface area contributed by atoms with Gasteiger partial charge < -0.3 is 5.11 Å². The zero-order chi connectivity index (χ0) is 13.6. The molecule has 1 aliphatic heterocycles. The number of aliphatic hydroxyl groups excluding tert-OH is 1. The molecule has 6 heteroatoms. The van der Waals surface area contributed by atoms with E-state index in [9.17, 15) is 18.3 Å². The molecule has 0 bridgehead atoms. The number of alkyl halides is 3. The average Bonchev–Trinajstić information content (AvgIpc) is 2.53. The lowest BCUT2D eigenvalue weighted by molar-refractivity contribution is -0.137. The smallest absolute Gasteiger partial charge is 0.390 e. The van der Waals surface area contributed by atoms with Crippen molar-refractivity contribution in [1.82, 2.24) is 0 Å². The second-order valence-corrected chi connectivity index (χ2v) is 7.76. The van der Waals surface area contributed by atoms with Gasteiger partial charge in [-0.15, -0.1) is 0 Å². The van der Waals surface area contributed by atoms with Gasteiger partial charge in [-0.1, -0.05) is 41.1 Å². The summed E-state index contributed by atoms with van der Waals surface area (Å²) in [6.45, 7) is 3.86. The summed E-state index contributed by atoms with van der Waals surface area (Å²) in [6, 6.07) is 5.04. The fourth-order valence-electron chi connectivity index (χ4n) is 1.74. The zero-order valence-corrected chi connectivity index (χ0v) is 11.5. The second kappa shape index (κ2) is 5.58. The molecule has 1 saturated heterocycles. The normalized spacial score (nSPS) is 26.0. The standard InChI is InChI=1S/C12H13F3OS2.CH4/c1-11(2)10(16)9(17-18-11)7-3-5-8(6-4-7)12(13,14)15;/h3-6,9-10,16H,1-2H3;1H4. The lowest BCUT2D eigenvalue weighted by atomic mass is 9.97. The monoisotopic (exact) mass is 310 g/mol. The van der Waals surface area contributed by atoms with E-state index in [1.54, 1.807) is 10.8 Å². The summed E-state index contributed by atoms with van der Waals surface area (Å²) in [6.07, 6.45) is -4.88. The molecule has 0 spiro atoms. The third-order valence-corrected chi connectivity index (χ3v) is 6.64. The first-order valence-corrected chi connectivity index (χ1v) is 7.63. The van der Waals surface area contributed by atoms with Gasteiger partial charge in [-0.3, -0.25) is 0 Å². The van der Waals surface area contributed by atoms with E-state index in [4.69, 9.17) is 0 Å². The predicted octanol–water partition coefficient (Wildman–Crippen LogP) is 4.92. The first-order chi connectivity index (χ1) is 8.22. The topological polar surface area (TPSA) is 20.2 Å². The van der Waals surface area contributed by atoms with Crippen LogP contribution in [-0.4, -0.2) is 16.0 Å². The fraction of sp³-hybridized carbons (Fsp3) is 0.538. The van der Waals surface area contributed by atoms with Crippen LogP contribution < -0.4 is 0 Å². The van der Waals surface area contributed by atoms with Crippen LogP contribution in [0.3, 0.4) is 0 Å². The summed E-state index contributed by atoms with van der Waals surface area (Å²) >= 11 is 0. The van der Waals surface area contributed by atoms with Crippen LogP contribution >= 0.6 is 21.6 Å². The van der Waals surface area contributed by atoms with Gasteiger partial charge >= 0.3 is 6.18 Å². The van der Waals surface area contributed by atoms with Crippen molar-refractivity contribution < 1.29 is 18.3 Å². The molecule has 0 radical (unpaired) electrons. The van der Waals surface area contributed by atoms with Gasteiger partial charge in [0.25, 0.3) is 0 Å². The van der Waals surface area contributed by atoms with E-state index in [1.165, 1.54) is 22.9 Å². The van der Waals surface area contributed by atoms with Crippen LogP contribution in [0.5, 0.6) is 0 Å². The molecule has 2 unspecified atom stereocenters.